The number of primary sulfonamides is 1. The van der Waals surface area contributed by atoms with Crippen LogP contribution in [0.2, 0.25) is 0 Å². The highest BCUT2D eigenvalue weighted by Gasteiger charge is 2.22. The van der Waals surface area contributed by atoms with Gasteiger partial charge in [-0.1, -0.05) is 31.2 Å². The number of hydrazone groups is 1. The fourth-order valence-corrected chi connectivity index (χ4v) is 4.39. The molecule has 1 amide bonds. The van der Waals surface area contributed by atoms with E-state index in [2.05, 4.69) is 26.3 Å². The van der Waals surface area contributed by atoms with Crippen LogP contribution in [-0.4, -0.2) is 25.5 Å². The molecule has 0 spiro atoms. The Balaban J connectivity index is 1.86. The first kappa shape index (κ1) is 22.7. The standard InChI is InChI=1S/C21H20BrN5O3S/c1-2-14-5-3-4-6-15(14)11-20(28)25-17-7-8-18(19(12-17)31(24,29)30)27-10-9-16(13-23)21(22)26-27/h3-9,12H,2,10-11H2,1H3,(H,25,28)(H2,24,29,30). The first-order valence-electron chi connectivity index (χ1n) is 9.38. The van der Waals surface area contributed by atoms with Gasteiger partial charge >= 0.3 is 0 Å². The fraction of sp³-hybridized carbons (Fsp3) is 0.190. The molecule has 2 aromatic carbocycles. The number of benzene rings is 2. The van der Waals surface area contributed by atoms with Gasteiger partial charge in [0.2, 0.25) is 15.9 Å². The van der Waals surface area contributed by atoms with Gasteiger partial charge in [0, 0.05) is 5.69 Å². The van der Waals surface area contributed by atoms with Crippen LogP contribution in [0, 0.1) is 11.3 Å². The van der Waals surface area contributed by atoms with E-state index in [1.807, 2.05) is 37.3 Å². The van der Waals surface area contributed by atoms with Crippen LogP contribution in [0.15, 0.2) is 64.1 Å². The zero-order valence-corrected chi connectivity index (χ0v) is 19.1. The molecule has 0 aromatic heterocycles. The van der Waals surface area contributed by atoms with E-state index < -0.39 is 10.0 Å². The molecular weight excluding hydrogens is 482 g/mol. The molecule has 2 aromatic rings. The van der Waals surface area contributed by atoms with Gasteiger partial charge in [-0.3, -0.25) is 9.80 Å². The maximum atomic E-state index is 12.5. The lowest BCUT2D eigenvalue weighted by Gasteiger charge is -2.23. The second-order valence-electron chi connectivity index (χ2n) is 6.78. The number of nitrogens with zero attached hydrogens (tertiary/aromatic N) is 3. The van der Waals surface area contributed by atoms with Gasteiger partial charge in [-0.05, 0) is 57.8 Å². The van der Waals surface area contributed by atoms with Gasteiger partial charge in [0.15, 0.2) is 0 Å². The molecule has 1 aliphatic rings. The highest BCUT2D eigenvalue weighted by molar-refractivity contribution is 9.18. The summed E-state index contributed by atoms with van der Waals surface area (Å²) in [5, 5.41) is 22.8. The first-order chi connectivity index (χ1) is 14.7. The van der Waals surface area contributed by atoms with Crippen LogP contribution in [0.1, 0.15) is 18.1 Å². The van der Waals surface area contributed by atoms with E-state index in [4.69, 9.17) is 10.4 Å². The lowest BCUT2D eigenvalue weighted by atomic mass is 10.0. The molecule has 0 saturated heterocycles. The summed E-state index contributed by atoms with van der Waals surface area (Å²) in [5.74, 6) is -0.269. The molecule has 8 nitrogen and oxygen atoms in total. The summed E-state index contributed by atoms with van der Waals surface area (Å²) < 4.78 is 24.7. The topological polar surface area (TPSA) is 129 Å². The van der Waals surface area contributed by atoms with E-state index in [-0.39, 0.29) is 34.1 Å². The molecule has 1 heterocycles. The molecule has 0 radical (unpaired) electrons. The third kappa shape index (κ3) is 5.38. The number of hydrogen-bond acceptors (Lipinski definition) is 6. The zero-order valence-electron chi connectivity index (χ0n) is 16.7. The largest absolute Gasteiger partial charge is 0.326 e. The number of rotatable bonds is 6. The quantitative estimate of drug-likeness (QED) is 0.628. The van der Waals surface area contributed by atoms with E-state index >= 15 is 0 Å². The van der Waals surface area contributed by atoms with Gasteiger partial charge in [0.25, 0.3) is 0 Å². The number of anilines is 2. The molecule has 160 valence electrons. The highest BCUT2D eigenvalue weighted by Crippen LogP contribution is 2.30. The third-order valence-electron chi connectivity index (χ3n) is 4.70. The van der Waals surface area contributed by atoms with E-state index in [0.29, 0.717) is 11.3 Å². The maximum absolute atomic E-state index is 12.5. The molecule has 0 fully saturated rings. The number of sulfonamides is 1. The van der Waals surface area contributed by atoms with Crippen molar-refractivity contribution in [2.24, 2.45) is 10.2 Å². The van der Waals surface area contributed by atoms with Gasteiger partial charge in [-0.25, -0.2) is 13.6 Å². The van der Waals surface area contributed by atoms with Crippen LogP contribution in [0.3, 0.4) is 0 Å². The number of nitrogens with two attached hydrogens (primary N) is 1. The van der Waals surface area contributed by atoms with Crippen LogP contribution < -0.4 is 15.5 Å². The van der Waals surface area contributed by atoms with Crippen LogP contribution >= 0.6 is 15.9 Å². The summed E-state index contributed by atoms with van der Waals surface area (Å²) in [4.78, 5) is 12.4. The van der Waals surface area contributed by atoms with Crippen molar-refractivity contribution < 1.29 is 13.2 Å². The Labute approximate surface area is 189 Å². The number of hydrogen-bond donors (Lipinski definition) is 2. The summed E-state index contributed by atoms with van der Waals surface area (Å²) in [7, 11) is -4.11. The van der Waals surface area contributed by atoms with Crippen LogP contribution in [-0.2, 0) is 27.7 Å². The lowest BCUT2D eigenvalue weighted by Crippen LogP contribution is -2.26. The van der Waals surface area contributed by atoms with E-state index in [1.54, 1.807) is 12.1 Å². The molecule has 10 heteroatoms. The predicted octanol–water partition coefficient (Wildman–Crippen LogP) is 3.06. The number of nitriles is 1. The minimum Gasteiger partial charge on any atom is -0.326 e. The Morgan fingerprint density at radius 1 is 1.29 bits per heavy atom. The van der Waals surface area contributed by atoms with Crippen molar-refractivity contribution in [2.75, 3.05) is 16.9 Å². The van der Waals surface area contributed by atoms with Crippen molar-refractivity contribution in [2.45, 2.75) is 24.7 Å². The van der Waals surface area contributed by atoms with Gasteiger partial charge in [-0.2, -0.15) is 10.4 Å². The number of carbonyl (C=O) groups excluding carboxylic acids is 1. The van der Waals surface area contributed by atoms with Crippen LogP contribution in [0.5, 0.6) is 0 Å². The minimum atomic E-state index is -4.11. The van der Waals surface area contributed by atoms with Crippen LogP contribution in [0.25, 0.3) is 0 Å². The molecule has 0 unspecified atom stereocenters. The molecule has 3 rings (SSSR count). The second-order valence-corrected chi connectivity index (χ2v) is 9.06. The van der Waals surface area contributed by atoms with Gasteiger partial charge < -0.3 is 5.32 Å². The molecule has 31 heavy (non-hydrogen) atoms. The van der Waals surface area contributed by atoms with Crippen LogP contribution in [0.4, 0.5) is 11.4 Å². The fourth-order valence-electron chi connectivity index (χ4n) is 3.19. The Kier molecular flexibility index (Phi) is 6.90. The maximum Gasteiger partial charge on any atom is 0.240 e. The van der Waals surface area contributed by atoms with E-state index in [1.165, 1.54) is 17.1 Å². The Morgan fingerprint density at radius 3 is 2.61 bits per heavy atom. The molecule has 3 N–H and O–H groups in total. The van der Waals surface area contributed by atoms with Crippen molar-refractivity contribution in [3.63, 3.8) is 0 Å². The SMILES string of the molecule is CCc1ccccc1CC(=O)Nc1ccc(N2CC=C(C#N)C(Br)=N2)c(S(N)(=O)=O)c1. The number of aryl methyl sites for hydroxylation is 1. The zero-order chi connectivity index (χ0) is 22.6. The minimum absolute atomic E-state index is 0.168. The summed E-state index contributed by atoms with van der Waals surface area (Å²) in [6.45, 7) is 2.21. The number of nitrogens with one attached hydrogen (secondary N) is 1. The number of carbonyl (C=O) groups is 1. The summed E-state index contributed by atoms with van der Waals surface area (Å²) in [6.07, 6.45) is 2.59. The summed E-state index contributed by atoms with van der Waals surface area (Å²) in [5.41, 5.74) is 2.89. The molecule has 0 atom stereocenters. The average molecular weight is 502 g/mol. The number of halogens is 1. The van der Waals surface area contributed by atoms with Gasteiger partial charge in [-0.15, -0.1) is 0 Å². The summed E-state index contributed by atoms with van der Waals surface area (Å²) in [6, 6.07) is 14.1. The van der Waals surface area contributed by atoms with Crippen molar-refractivity contribution in [3.05, 3.63) is 65.2 Å². The monoisotopic (exact) mass is 501 g/mol. The lowest BCUT2D eigenvalue weighted by molar-refractivity contribution is -0.115. The predicted molar refractivity (Wildman–Crippen MR) is 123 cm³/mol. The molecule has 0 bridgehead atoms. The number of amides is 1. The van der Waals surface area contributed by atoms with Gasteiger partial charge in [0.05, 0.1) is 24.2 Å². The average Bonchev–Trinajstić information content (AvgIpc) is 2.73. The van der Waals surface area contributed by atoms with Crippen molar-refractivity contribution in [1.82, 2.24) is 0 Å². The Morgan fingerprint density at radius 2 is 2.00 bits per heavy atom. The normalized spacial score (nSPS) is 13.8. The smallest absolute Gasteiger partial charge is 0.240 e. The Bertz CT molecular complexity index is 1230. The van der Waals surface area contributed by atoms with Crippen molar-refractivity contribution >= 4 is 47.9 Å². The van der Waals surface area contributed by atoms with Gasteiger partial charge in [0.1, 0.15) is 15.6 Å². The van der Waals surface area contributed by atoms with E-state index in [9.17, 15) is 13.2 Å². The molecule has 0 saturated carbocycles. The highest BCUT2D eigenvalue weighted by atomic mass is 79.9. The number of allylic oxidation sites excluding steroid dienone is 1. The van der Waals surface area contributed by atoms with Crippen molar-refractivity contribution in [1.29, 1.82) is 5.26 Å². The second kappa shape index (κ2) is 9.43. The van der Waals surface area contributed by atoms with Crippen molar-refractivity contribution in [3.8, 4) is 6.07 Å². The van der Waals surface area contributed by atoms with E-state index in [0.717, 1.165) is 17.5 Å². The first-order valence-corrected chi connectivity index (χ1v) is 11.7. The Hall–Kier alpha value is -3.00. The molecule has 0 aliphatic carbocycles. The molecule has 1 aliphatic heterocycles. The third-order valence-corrected chi connectivity index (χ3v) is 6.22. The summed E-state index contributed by atoms with van der Waals surface area (Å²) >= 11 is 3.20. The molecular formula is C21H20BrN5O3S.